The highest BCUT2D eigenvalue weighted by molar-refractivity contribution is 5.88. The molecular weight excluding hydrogens is 262 g/mol. The summed E-state index contributed by atoms with van der Waals surface area (Å²) in [4.78, 5) is 23.5. The Morgan fingerprint density at radius 3 is 2.75 bits per heavy atom. The van der Waals surface area contributed by atoms with E-state index in [1.54, 1.807) is 6.20 Å². The molecule has 20 heavy (non-hydrogen) atoms. The summed E-state index contributed by atoms with van der Waals surface area (Å²) >= 11 is 0. The van der Waals surface area contributed by atoms with Crippen molar-refractivity contribution >= 4 is 11.8 Å². The Balaban J connectivity index is 2.17. The number of nitrogens with two attached hydrogens (primary N) is 1. The van der Waals surface area contributed by atoms with Gasteiger partial charge in [-0.3, -0.25) is 9.59 Å². The summed E-state index contributed by atoms with van der Waals surface area (Å²) in [6.07, 6.45) is 2.73. The molecule has 0 spiro atoms. The standard InChI is InChI=1S/C12H19N5O3/c13-6-9-7-17(16-15-9)10(5-11(18)19)12(20)8-1-3-14-4-2-8/h7-8,10,14H,1-6,13H2,(H,18,19)/t10-/m0/s1. The molecule has 0 aliphatic carbocycles. The van der Waals surface area contributed by atoms with Crippen molar-refractivity contribution in [2.45, 2.75) is 31.8 Å². The molecule has 1 aromatic heterocycles. The summed E-state index contributed by atoms with van der Waals surface area (Å²) in [5.41, 5.74) is 6.00. The number of rotatable bonds is 6. The number of ketones is 1. The zero-order valence-corrected chi connectivity index (χ0v) is 11.2. The van der Waals surface area contributed by atoms with Gasteiger partial charge in [-0.05, 0) is 25.9 Å². The molecule has 0 radical (unpaired) electrons. The fourth-order valence-electron chi connectivity index (χ4n) is 2.43. The van der Waals surface area contributed by atoms with Crippen molar-refractivity contribution in [3.63, 3.8) is 0 Å². The lowest BCUT2D eigenvalue weighted by Gasteiger charge is -2.25. The van der Waals surface area contributed by atoms with Gasteiger partial charge in [0.05, 0.1) is 18.3 Å². The monoisotopic (exact) mass is 281 g/mol. The Morgan fingerprint density at radius 2 is 2.20 bits per heavy atom. The van der Waals surface area contributed by atoms with Gasteiger partial charge >= 0.3 is 5.97 Å². The molecule has 2 rings (SSSR count). The lowest BCUT2D eigenvalue weighted by Crippen LogP contribution is -2.36. The van der Waals surface area contributed by atoms with Crippen molar-refractivity contribution in [2.75, 3.05) is 13.1 Å². The van der Waals surface area contributed by atoms with Crippen LogP contribution in [0.3, 0.4) is 0 Å². The fraction of sp³-hybridized carbons (Fsp3) is 0.667. The number of carbonyl (C=O) groups excluding carboxylic acids is 1. The predicted octanol–water partition coefficient (Wildman–Crippen LogP) is -0.679. The predicted molar refractivity (Wildman–Crippen MR) is 69.8 cm³/mol. The van der Waals surface area contributed by atoms with Gasteiger partial charge in [-0.1, -0.05) is 5.21 Å². The molecule has 1 aliphatic heterocycles. The third-order valence-corrected chi connectivity index (χ3v) is 3.52. The fourth-order valence-corrected chi connectivity index (χ4v) is 2.43. The molecule has 0 bridgehead atoms. The first kappa shape index (κ1) is 14.6. The molecule has 1 fully saturated rings. The number of piperidine rings is 1. The Kier molecular flexibility index (Phi) is 4.80. The zero-order valence-electron chi connectivity index (χ0n) is 11.2. The average molecular weight is 281 g/mol. The van der Waals surface area contributed by atoms with Gasteiger partial charge in [0.2, 0.25) is 0 Å². The van der Waals surface area contributed by atoms with Crippen LogP contribution < -0.4 is 11.1 Å². The highest BCUT2D eigenvalue weighted by Gasteiger charge is 2.31. The molecule has 4 N–H and O–H groups in total. The number of aromatic nitrogens is 3. The lowest BCUT2D eigenvalue weighted by atomic mass is 9.88. The van der Waals surface area contributed by atoms with Crippen molar-refractivity contribution in [1.82, 2.24) is 20.3 Å². The number of hydrogen-bond donors (Lipinski definition) is 3. The molecular formula is C12H19N5O3. The molecule has 8 heteroatoms. The van der Waals surface area contributed by atoms with Gasteiger partial charge in [0.1, 0.15) is 6.04 Å². The molecule has 1 saturated heterocycles. The minimum Gasteiger partial charge on any atom is -0.481 e. The highest BCUT2D eigenvalue weighted by Crippen LogP contribution is 2.23. The van der Waals surface area contributed by atoms with Crippen LogP contribution in [0.1, 0.15) is 31.0 Å². The summed E-state index contributed by atoms with van der Waals surface area (Å²) in [5.74, 6) is -1.23. The van der Waals surface area contributed by atoms with Crippen molar-refractivity contribution in [3.8, 4) is 0 Å². The van der Waals surface area contributed by atoms with Crippen molar-refractivity contribution < 1.29 is 14.7 Å². The molecule has 0 saturated carbocycles. The number of Topliss-reactive ketones (excluding diaryl/α,β-unsaturated/α-hetero) is 1. The molecule has 1 aliphatic rings. The van der Waals surface area contributed by atoms with Gasteiger partial charge < -0.3 is 16.2 Å². The summed E-state index contributed by atoms with van der Waals surface area (Å²) in [5, 5.41) is 19.9. The largest absolute Gasteiger partial charge is 0.481 e. The minimum absolute atomic E-state index is 0.0811. The van der Waals surface area contributed by atoms with Gasteiger partial charge in [-0.25, -0.2) is 4.68 Å². The third-order valence-electron chi connectivity index (χ3n) is 3.52. The third kappa shape index (κ3) is 3.40. The molecule has 110 valence electrons. The van der Waals surface area contributed by atoms with Crippen LogP contribution in [0.2, 0.25) is 0 Å². The molecule has 0 aromatic carbocycles. The van der Waals surface area contributed by atoms with E-state index in [4.69, 9.17) is 10.8 Å². The summed E-state index contributed by atoms with van der Waals surface area (Å²) in [6, 6.07) is -0.802. The highest BCUT2D eigenvalue weighted by atomic mass is 16.4. The van der Waals surface area contributed by atoms with E-state index in [1.807, 2.05) is 0 Å². The second kappa shape index (κ2) is 6.58. The van der Waals surface area contributed by atoms with Gasteiger partial charge in [0.15, 0.2) is 5.78 Å². The molecule has 1 atom stereocenters. The van der Waals surface area contributed by atoms with Crippen LogP contribution in [0, 0.1) is 5.92 Å². The maximum Gasteiger partial charge on any atom is 0.305 e. The molecule has 0 unspecified atom stereocenters. The van der Waals surface area contributed by atoms with E-state index in [0.29, 0.717) is 5.69 Å². The van der Waals surface area contributed by atoms with Crippen LogP contribution in [0.15, 0.2) is 6.20 Å². The molecule has 8 nitrogen and oxygen atoms in total. The number of nitrogens with zero attached hydrogens (tertiary/aromatic N) is 3. The van der Waals surface area contributed by atoms with Crippen LogP contribution >= 0.6 is 0 Å². The van der Waals surface area contributed by atoms with E-state index in [-0.39, 0.29) is 24.7 Å². The van der Waals surface area contributed by atoms with E-state index >= 15 is 0 Å². The van der Waals surface area contributed by atoms with Crippen LogP contribution in [0.4, 0.5) is 0 Å². The first-order chi connectivity index (χ1) is 9.61. The normalized spacial score (nSPS) is 17.9. The minimum atomic E-state index is -1.03. The van der Waals surface area contributed by atoms with Crippen LogP contribution in [-0.4, -0.2) is 44.9 Å². The number of aliphatic carboxylic acids is 1. The van der Waals surface area contributed by atoms with Gasteiger partial charge in [0.25, 0.3) is 0 Å². The zero-order chi connectivity index (χ0) is 14.5. The summed E-state index contributed by atoms with van der Waals surface area (Å²) in [6.45, 7) is 1.77. The number of hydrogen-bond acceptors (Lipinski definition) is 6. The SMILES string of the molecule is NCc1cn([C@@H](CC(=O)O)C(=O)C2CCNCC2)nn1. The van der Waals surface area contributed by atoms with Crippen LogP contribution in [0.25, 0.3) is 0 Å². The van der Waals surface area contributed by atoms with E-state index in [9.17, 15) is 9.59 Å². The van der Waals surface area contributed by atoms with E-state index in [2.05, 4.69) is 15.6 Å². The maximum absolute atomic E-state index is 12.5. The lowest BCUT2D eigenvalue weighted by molar-refractivity contribution is -0.141. The quantitative estimate of drug-likeness (QED) is 0.631. The van der Waals surface area contributed by atoms with Gasteiger partial charge in [0, 0.05) is 12.5 Å². The summed E-state index contributed by atoms with van der Waals surface area (Å²) < 4.78 is 1.33. The number of carboxylic acid groups (broad SMARTS) is 1. The Hall–Kier alpha value is -1.80. The number of carbonyl (C=O) groups is 2. The first-order valence-corrected chi connectivity index (χ1v) is 6.69. The smallest absolute Gasteiger partial charge is 0.305 e. The van der Waals surface area contributed by atoms with Crippen LogP contribution in [0.5, 0.6) is 0 Å². The Labute approximate surface area is 116 Å². The van der Waals surface area contributed by atoms with Crippen molar-refractivity contribution in [2.24, 2.45) is 11.7 Å². The van der Waals surface area contributed by atoms with Crippen molar-refractivity contribution in [1.29, 1.82) is 0 Å². The molecule has 2 heterocycles. The van der Waals surface area contributed by atoms with E-state index in [1.165, 1.54) is 4.68 Å². The van der Waals surface area contributed by atoms with E-state index < -0.39 is 12.0 Å². The number of carboxylic acids is 1. The Bertz CT molecular complexity index is 481. The second-order valence-electron chi connectivity index (χ2n) is 4.93. The average Bonchev–Trinajstić information content (AvgIpc) is 2.93. The summed E-state index contributed by atoms with van der Waals surface area (Å²) in [7, 11) is 0. The Morgan fingerprint density at radius 1 is 1.50 bits per heavy atom. The van der Waals surface area contributed by atoms with Crippen LogP contribution in [-0.2, 0) is 16.1 Å². The topological polar surface area (TPSA) is 123 Å². The number of nitrogens with one attached hydrogen (secondary N) is 1. The van der Waals surface area contributed by atoms with Gasteiger partial charge in [-0.15, -0.1) is 5.10 Å². The van der Waals surface area contributed by atoms with E-state index in [0.717, 1.165) is 25.9 Å². The van der Waals surface area contributed by atoms with Crippen molar-refractivity contribution in [3.05, 3.63) is 11.9 Å². The maximum atomic E-state index is 12.5. The molecule has 0 amide bonds. The first-order valence-electron chi connectivity index (χ1n) is 6.69. The molecule has 1 aromatic rings. The van der Waals surface area contributed by atoms with Gasteiger partial charge in [-0.2, -0.15) is 0 Å². The second-order valence-corrected chi connectivity index (χ2v) is 4.93.